The maximum absolute atomic E-state index is 13.2. The van der Waals surface area contributed by atoms with Crippen LogP contribution in [0.3, 0.4) is 0 Å². The molecule has 0 saturated carbocycles. The fraction of sp³-hybridized carbons (Fsp3) is 0.719. The molecule has 3 saturated heterocycles. The molecule has 1 aromatic rings. The maximum atomic E-state index is 13.2. The van der Waals surface area contributed by atoms with Gasteiger partial charge in [0, 0.05) is 69.6 Å². The topological polar surface area (TPSA) is 90.4 Å². The Bertz CT molecular complexity index is 1080. The number of hydrogen-bond donors (Lipinski definition) is 1. The number of carbonyl (C=O) groups excluding carboxylic acids is 2. The molecule has 43 heavy (non-hydrogen) atoms. The lowest BCUT2D eigenvalue weighted by atomic mass is 9.75. The van der Waals surface area contributed by atoms with E-state index in [2.05, 4.69) is 18.7 Å². The van der Waals surface area contributed by atoms with Gasteiger partial charge < -0.3 is 19.6 Å². The predicted molar refractivity (Wildman–Crippen MR) is 158 cm³/mol. The number of aryl methyl sites for hydroxylation is 2. The van der Waals surface area contributed by atoms with E-state index in [9.17, 15) is 22.8 Å². The van der Waals surface area contributed by atoms with Gasteiger partial charge in [0.25, 0.3) is 5.91 Å². The second-order valence-corrected chi connectivity index (χ2v) is 12.2. The number of hydrogen-bond acceptors (Lipinski definition) is 5. The van der Waals surface area contributed by atoms with Crippen molar-refractivity contribution in [3.63, 3.8) is 0 Å². The first-order valence-electron chi connectivity index (χ1n) is 15.7. The van der Waals surface area contributed by atoms with Gasteiger partial charge in [-0.25, -0.2) is 9.59 Å². The zero-order valence-electron chi connectivity index (χ0n) is 26.0. The van der Waals surface area contributed by atoms with Crippen LogP contribution in [0.2, 0.25) is 0 Å². The number of carboxylic acids is 1. The second kappa shape index (κ2) is 15.3. The lowest BCUT2D eigenvalue weighted by molar-refractivity contribution is -0.192. The van der Waals surface area contributed by atoms with Gasteiger partial charge in [-0.3, -0.25) is 9.69 Å². The first-order valence-corrected chi connectivity index (χ1v) is 15.7. The molecule has 0 bridgehead atoms. The third-order valence-electron chi connectivity index (χ3n) is 9.27. The standard InChI is InChI=1S/C30H47N3O3.C2HF3O2/c1-5-7-12-25-22-33(17-8-6-2)29(35)36-30(25)15-20-31(21-16-30)26-13-18-32(19-14-26)28(34)27-23(3)10-9-11-24(27)4;3-2(4,5)1(6)7/h9-11,25-26H,5-8,12-22H2,1-4H3;(H,6,7). The molecule has 3 fully saturated rings. The maximum Gasteiger partial charge on any atom is 0.490 e. The number of nitrogens with zero attached hydrogens (tertiary/aromatic N) is 3. The molecule has 0 aromatic heterocycles. The Morgan fingerprint density at radius 1 is 1.00 bits per heavy atom. The van der Waals surface area contributed by atoms with Crippen molar-refractivity contribution in [2.45, 2.75) is 103 Å². The van der Waals surface area contributed by atoms with Crippen LogP contribution >= 0.6 is 0 Å². The summed E-state index contributed by atoms with van der Waals surface area (Å²) >= 11 is 0. The number of carbonyl (C=O) groups is 3. The summed E-state index contributed by atoms with van der Waals surface area (Å²) in [7, 11) is 0. The lowest BCUT2D eigenvalue weighted by Crippen LogP contribution is -2.61. The van der Waals surface area contributed by atoms with Crippen LogP contribution in [-0.2, 0) is 9.53 Å². The number of aliphatic carboxylic acids is 1. The molecular formula is C32H48F3N3O5. The van der Waals surface area contributed by atoms with Crippen molar-refractivity contribution in [2.24, 2.45) is 5.92 Å². The van der Waals surface area contributed by atoms with Gasteiger partial charge in [-0.2, -0.15) is 13.2 Å². The van der Waals surface area contributed by atoms with Crippen LogP contribution in [0.4, 0.5) is 18.0 Å². The second-order valence-electron chi connectivity index (χ2n) is 12.2. The molecule has 2 amide bonds. The van der Waals surface area contributed by atoms with Crippen LogP contribution in [0.5, 0.6) is 0 Å². The normalized spacial score (nSPS) is 21.3. The highest BCUT2D eigenvalue weighted by atomic mass is 19.4. The van der Waals surface area contributed by atoms with Crippen LogP contribution in [0.15, 0.2) is 18.2 Å². The molecule has 3 aliphatic heterocycles. The number of alkyl halides is 3. The van der Waals surface area contributed by atoms with Gasteiger partial charge in [0.1, 0.15) is 5.60 Å². The van der Waals surface area contributed by atoms with Crippen LogP contribution in [0, 0.1) is 19.8 Å². The van der Waals surface area contributed by atoms with E-state index in [4.69, 9.17) is 14.6 Å². The molecule has 11 heteroatoms. The summed E-state index contributed by atoms with van der Waals surface area (Å²) in [5.41, 5.74) is 2.72. The Morgan fingerprint density at radius 2 is 1.56 bits per heavy atom. The predicted octanol–water partition coefficient (Wildman–Crippen LogP) is 6.43. The van der Waals surface area contributed by atoms with Crippen molar-refractivity contribution in [2.75, 3.05) is 39.3 Å². The summed E-state index contributed by atoms with van der Waals surface area (Å²) in [6.07, 6.45) is 4.41. The fourth-order valence-corrected chi connectivity index (χ4v) is 6.69. The van der Waals surface area contributed by atoms with Crippen LogP contribution < -0.4 is 0 Å². The van der Waals surface area contributed by atoms with Crippen LogP contribution in [-0.4, -0.2) is 94.9 Å². The quantitative estimate of drug-likeness (QED) is 0.364. The molecule has 1 N–H and O–H groups in total. The average Bonchev–Trinajstić information content (AvgIpc) is 2.96. The molecule has 1 spiro atoms. The lowest BCUT2D eigenvalue weighted by Gasteiger charge is -2.52. The van der Waals surface area contributed by atoms with E-state index >= 15 is 0 Å². The number of unbranched alkanes of at least 4 members (excludes halogenated alkanes) is 2. The van der Waals surface area contributed by atoms with E-state index in [-0.39, 0.29) is 17.6 Å². The number of carboxylic acid groups (broad SMARTS) is 1. The SMILES string of the molecule is CCCCC1CN(CCCC)C(=O)OC12CCN(C1CCN(C(=O)c3c(C)cccc3C)CC1)CC2.O=C(O)C(F)(F)F. The van der Waals surface area contributed by atoms with Crippen molar-refractivity contribution in [1.29, 1.82) is 0 Å². The summed E-state index contributed by atoms with van der Waals surface area (Å²) in [6, 6.07) is 6.60. The van der Waals surface area contributed by atoms with Crippen LogP contribution in [0.25, 0.3) is 0 Å². The highest BCUT2D eigenvalue weighted by Gasteiger charge is 2.50. The van der Waals surface area contributed by atoms with Gasteiger partial charge in [0.05, 0.1) is 0 Å². The Hall–Kier alpha value is -2.82. The molecule has 3 aliphatic rings. The van der Waals surface area contributed by atoms with Gasteiger partial charge in [0.15, 0.2) is 0 Å². The molecule has 3 heterocycles. The largest absolute Gasteiger partial charge is 0.490 e. The third-order valence-corrected chi connectivity index (χ3v) is 9.27. The Morgan fingerprint density at radius 3 is 2.07 bits per heavy atom. The summed E-state index contributed by atoms with van der Waals surface area (Å²) in [6.45, 7) is 13.8. The number of amides is 2. The van der Waals surface area contributed by atoms with Gasteiger partial charge in [-0.05, 0) is 50.7 Å². The molecule has 0 radical (unpaired) electrons. The molecule has 242 valence electrons. The zero-order valence-corrected chi connectivity index (χ0v) is 26.0. The Labute approximate surface area is 253 Å². The molecule has 0 aliphatic carbocycles. The van der Waals surface area contributed by atoms with E-state index in [1.807, 2.05) is 41.8 Å². The molecule has 4 rings (SSSR count). The summed E-state index contributed by atoms with van der Waals surface area (Å²) in [4.78, 5) is 41.6. The van der Waals surface area contributed by atoms with E-state index in [0.29, 0.717) is 12.0 Å². The monoisotopic (exact) mass is 611 g/mol. The minimum Gasteiger partial charge on any atom is -0.475 e. The minimum atomic E-state index is -5.08. The molecule has 1 unspecified atom stereocenters. The number of benzene rings is 1. The molecule has 1 aromatic carbocycles. The van der Waals surface area contributed by atoms with Gasteiger partial charge >= 0.3 is 18.2 Å². The van der Waals surface area contributed by atoms with Gasteiger partial charge in [-0.1, -0.05) is 51.3 Å². The number of ether oxygens (including phenoxy) is 1. The van der Waals surface area contributed by atoms with Crippen molar-refractivity contribution >= 4 is 18.0 Å². The van der Waals surface area contributed by atoms with Gasteiger partial charge in [-0.15, -0.1) is 0 Å². The van der Waals surface area contributed by atoms with Crippen molar-refractivity contribution in [3.05, 3.63) is 34.9 Å². The average molecular weight is 612 g/mol. The van der Waals surface area contributed by atoms with E-state index in [1.54, 1.807) is 0 Å². The Kier molecular flexibility index (Phi) is 12.3. The van der Waals surface area contributed by atoms with E-state index in [1.165, 1.54) is 12.8 Å². The highest BCUT2D eigenvalue weighted by molar-refractivity contribution is 5.97. The number of piperidine rings is 2. The minimum absolute atomic E-state index is 0.0945. The number of likely N-dealkylation sites (tertiary alicyclic amines) is 2. The zero-order chi connectivity index (χ0) is 31.8. The fourth-order valence-electron chi connectivity index (χ4n) is 6.69. The highest BCUT2D eigenvalue weighted by Crippen LogP contribution is 2.41. The third kappa shape index (κ3) is 8.86. The van der Waals surface area contributed by atoms with E-state index < -0.39 is 12.1 Å². The first-order chi connectivity index (χ1) is 20.3. The first kappa shape index (κ1) is 34.7. The smallest absolute Gasteiger partial charge is 0.475 e. The van der Waals surface area contributed by atoms with Crippen LogP contribution in [0.1, 0.15) is 93.1 Å². The van der Waals surface area contributed by atoms with Crippen molar-refractivity contribution in [3.8, 4) is 0 Å². The molecular weight excluding hydrogens is 563 g/mol. The van der Waals surface area contributed by atoms with E-state index in [0.717, 1.165) is 101 Å². The number of rotatable bonds is 8. The molecule has 1 atom stereocenters. The number of halogens is 3. The van der Waals surface area contributed by atoms with Crippen molar-refractivity contribution < 1.29 is 37.4 Å². The molecule has 8 nitrogen and oxygen atoms in total. The van der Waals surface area contributed by atoms with Gasteiger partial charge in [0.2, 0.25) is 0 Å². The summed E-state index contributed by atoms with van der Waals surface area (Å²) in [5.74, 6) is -2.14. The van der Waals surface area contributed by atoms with Crippen molar-refractivity contribution in [1.82, 2.24) is 14.7 Å². The Balaban J connectivity index is 0.000000646. The summed E-state index contributed by atoms with van der Waals surface area (Å²) in [5, 5.41) is 7.12. The summed E-state index contributed by atoms with van der Waals surface area (Å²) < 4.78 is 38.0.